The van der Waals surface area contributed by atoms with Gasteiger partial charge in [-0.25, -0.2) is 14.8 Å². The number of rotatable bonds is 5. The summed E-state index contributed by atoms with van der Waals surface area (Å²) >= 11 is 1.31. The lowest BCUT2D eigenvalue weighted by Crippen LogP contribution is -2.39. The maximum absolute atomic E-state index is 12.7. The van der Waals surface area contributed by atoms with E-state index in [-0.39, 0.29) is 11.6 Å². The van der Waals surface area contributed by atoms with Gasteiger partial charge in [0.1, 0.15) is 16.2 Å². The highest BCUT2D eigenvalue weighted by Gasteiger charge is 2.19. The van der Waals surface area contributed by atoms with Crippen LogP contribution in [0.3, 0.4) is 0 Å². The van der Waals surface area contributed by atoms with Gasteiger partial charge in [0.2, 0.25) is 11.8 Å². The second kappa shape index (κ2) is 7.02. The van der Waals surface area contributed by atoms with E-state index in [9.17, 15) is 9.59 Å². The molecule has 3 aromatic rings. The number of aromatic nitrogens is 6. The molecule has 0 spiro atoms. The van der Waals surface area contributed by atoms with E-state index in [0.717, 1.165) is 4.57 Å². The minimum Gasteiger partial charge on any atom is -0.425 e. The molecule has 0 aliphatic heterocycles. The molecule has 0 N–H and O–H groups in total. The van der Waals surface area contributed by atoms with Gasteiger partial charge in [-0.1, -0.05) is 25.6 Å². The molecule has 0 aliphatic rings. The SMILES string of the molecule is Cc1nc(SCc2nnc(C)o2)c2c(=O)n(C)c(=O)n(CC(C)C)c2n1. The summed E-state index contributed by atoms with van der Waals surface area (Å²) in [5.41, 5.74) is -0.421. The average Bonchev–Trinajstić information content (AvgIpc) is 2.99. The Kier molecular flexibility index (Phi) is 4.94. The lowest BCUT2D eigenvalue weighted by atomic mass is 10.2. The van der Waals surface area contributed by atoms with E-state index in [1.54, 1.807) is 13.8 Å². The van der Waals surface area contributed by atoms with Crippen molar-refractivity contribution in [2.24, 2.45) is 13.0 Å². The van der Waals surface area contributed by atoms with Gasteiger partial charge in [-0.2, -0.15) is 0 Å². The zero-order chi connectivity index (χ0) is 19.0. The third kappa shape index (κ3) is 3.41. The molecule has 0 bridgehead atoms. The van der Waals surface area contributed by atoms with Crippen molar-refractivity contribution in [1.29, 1.82) is 0 Å². The molecule has 3 heterocycles. The molecule has 0 aromatic carbocycles. The summed E-state index contributed by atoms with van der Waals surface area (Å²) in [6, 6.07) is 0. The lowest BCUT2D eigenvalue weighted by molar-refractivity contribution is 0.485. The standard InChI is InChI=1S/C16H20N6O3S/c1-8(2)6-22-13-12(15(23)21(5)16(22)24)14(18-9(3)17-13)26-7-11-20-19-10(4)25-11/h8H,6-7H2,1-5H3. The first-order valence-electron chi connectivity index (χ1n) is 8.18. The molecule has 3 aromatic heterocycles. The van der Waals surface area contributed by atoms with E-state index >= 15 is 0 Å². The molecule has 3 rings (SSSR count). The van der Waals surface area contributed by atoms with Crippen molar-refractivity contribution >= 4 is 22.8 Å². The minimum absolute atomic E-state index is 0.223. The van der Waals surface area contributed by atoms with Gasteiger partial charge in [0, 0.05) is 20.5 Å². The highest BCUT2D eigenvalue weighted by atomic mass is 32.2. The molecule has 26 heavy (non-hydrogen) atoms. The first-order chi connectivity index (χ1) is 12.3. The van der Waals surface area contributed by atoms with Crippen LogP contribution in [0.15, 0.2) is 19.0 Å². The van der Waals surface area contributed by atoms with Crippen molar-refractivity contribution in [1.82, 2.24) is 29.3 Å². The van der Waals surface area contributed by atoms with Crippen LogP contribution < -0.4 is 11.2 Å². The fourth-order valence-corrected chi connectivity index (χ4v) is 3.50. The van der Waals surface area contributed by atoms with Crippen molar-refractivity contribution in [3.05, 3.63) is 38.4 Å². The summed E-state index contributed by atoms with van der Waals surface area (Å²) in [5, 5.41) is 8.58. The van der Waals surface area contributed by atoms with Crippen LogP contribution in [0.2, 0.25) is 0 Å². The molecular weight excluding hydrogens is 356 g/mol. The number of nitrogens with zero attached hydrogens (tertiary/aromatic N) is 6. The largest absolute Gasteiger partial charge is 0.425 e. The van der Waals surface area contributed by atoms with Crippen LogP contribution in [0.25, 0.3) is 11.0 Å². The van der Waals surface area contributed by atoms with Gasteiger partial charge in [0.05, 0.1) is 5.75 Å². The van der Waals surface area contributed by atoms with Crippen LogP contribution >= 0.6 is 11.8 Å². The van der Waals surface area contributed by atoms with Crippen LogP contribution in [0.4, 0.5) is 0 Å². The molecule has 9 nitrogen and oxygen atoms in total. The van der Waals surface area contributed by atoms with Crippen molar-refractivity contribution < 1.29 is 4.42 Å². The fraction of sp³-hybridized carbons (Fsp3) is 0.500. The van der Waals surface area contributed by atoms with Crippen LogP contribution in [0.1, 0.15) is 31.5 Å². The van der Waals surface area contributed by atoms with E-state index in [0.29, 0.717) is 46.0 Å². The Labute approximate surface area is 153 Å². The van der Waals surface area contributed by atoms with Gasteiger partial charge in [0.15, 0.2) is 5.65 Å². The Morgan fingerprint density at radius 3 is 2.50 bits per heavy atom. The number of fused-ring (bicyclic) bond motifs is 1. The molecule has 10 heteroatoms. The van der Waals surface area contributed by atoms with E-state index in [1.165, 1.54) is 23.4 Å². The molecular formula is C16H20N6O3S. The summed E-state index contributed by atoms with van der Waals surface area (Å²) in [6.45, 7) is 7.93. The van der Waals surface area contributed by atoms with Gasteiger partial charge in [-0.05, 0) is 12.8 Å². The van der Waals surface area contributed by atoms with Crippen molar-refractivity contribution in [2.45, 2.75) is 45.0 Å². The monoisotopic (exact) mass is 376 g/mol. The third-order valence-electron chi connectivity index (χ3n) is 3.71. The van der Waals surface area contributed by atoms with E-state index in [4.69, 9.17) is 4.42 Å². The van der Waals surface area contributed by atoms with Gasteiger partial charge in [-0.3, -0.25) is 13.9 Å². The molecule has 0 aliphatic carbocycles. The second-order valence-electron chi connectivity index (χ2n) is 6.43. The quantitative estimate of drug-likeness (QED) is 0.486. The van der Waals surface area contributed by atoms with Gasteiger partial charge < -0.3 is 4.42 Å². The smallest absolute Gasteiger partial charge is 0.332 e. The molecule has 138 valence electrons. The summed E-state index contributed by atoms with van der Waals surface area (Å²) in [6.07, 6.45) is 0. The van der Waals surface area contributed by atoms with Crippen molar-refractivity contribution in [2.75, 3.05) is 0 Å². The Bertz CT molecular complexity index is 1080. The average molecular weight is 376 g/mol. The van der Waals surface area contributed by atoms with Gasteiger partial charge in [-0.15, -0.1) is 10.2 Å². The number of thioether (sulfide) groups is 1. The zero-order valence-corrected chi connectivity index (χ0v) is 16.1. The Hall–Kier alpha value is -2.49. The van der Waals surface area contributed by atoms with E-state index < -0.39 is 5.56 Å². The van der Waals surface area contributed by atoms with Crippen LogP contribution in [-0.4, -0.2) is 29.3 Å². The minimum atomic E-state index is -0.408. The first-order valence-corrected chi connectivity index (χ1v) is 9.16. The predicted octanol–water partition coefficient (Wildman–Crippen LogP) is 1.44. The zero-order valence-electron chi connectivity index (χ0n) is 15.3. The van der Waals surface area contributed by atoms with Crippen LogP contribution in [-0.2, 0) is 19.3 Å². The maximum Gasteiger partial charge on any atom is 0.332 e. The topological polar surface area (TPSA) is 109 Å². The van der Waals surface area contributed by atoms with Crippen LogP contribution in [0, 0.1) is 19.8 Å². The number of hydrogen-bond acceptors (Lipinski definition) is 8. The molecule has 0 atom stereocenters. The number of aryl methyl sites for hydroxylation is 2. The summed E-state index contributed by atoms with van der Waals surface area (Å²) in [7, 11) is 1.47. The molecule has 0 saturated carbocycles. The van der Waals surface area contributed by atoms with Crippen molar-refractivity contribution in [3.63, 3.8) is 0 Å². The number of hydrogen-bond donors (Lipinski definition) is 0. The van der Waals surface area contributed by atoms with E-state index in [1.807, 2.05) is 13.8 Å². The summed E-state index contributed by atoms with van der Waals surface area (Å²) in [4.78, 5) is 34.1. The van der Waals surface area contributed by atoms with Gasteiger partial charge in [0.25, 0.3) is 5.56 Å². The highest BCUT2D eigenvalue weighted by Crippen LogP contribution is 2.25. The molecule has 0 fully saturated rings. The second-order valence-corrected chi connectivity index (χ2v) is 7.39. The lowest BCUT2D eigenvalue weighted by Gasteiger charge is -2.14. The third-order valence-corrected chi connectivity index (χ3v) is 4.67. The predicted molar refractivity (Wildman–Crippen MR) is 97.2 cm³/mol. The maximum atomic E-state index is 12.7. The van der Waals surface area contributed by atoms with Crippen LogP contribution in [0.5, 0.6) is 0 Å². The van der Waals surface area contributed by atoms with Gasteiger partial charge >= 0.3 is 5.69 Å². The highest BCUT2D eigenvalue weighted by molar-refractivity contribution is 7.98. The fourth-order valence-electron chi connectivity index (χ4n) is 2.60. The summed E-state index contributed by atoms with van der Waals surface area (Å²) in [5.74, 6) is 2.02. The first kappa shape index (κ1) is 18.3. The Balaban J connectivity index is 2.18. The Morgan fingerprint density at radius 1 is 1.15 bits per heavy atom. The molecule has 0 saturated heterocycles. The normalized spacial score (nSPS) is 11.6. The molecule has 0 unspecified atom stereocenters. The van der Waals surface area contributed by atoms with E-state index in [2.05, 4.69) is 20.2 Å². The summed E-state index contributed by atoms with van der Waals surface area (Å²) < 4.78 is 8.01. The molecule has 0 radical (unpaired) electrons. The van der Waals surface area contributed by atoms with Crippen molar-refractivity contribution in [3.8, 4) is 0 Å². The molecule has 0 amide bonds. The Morgan fingerprint density at radius 2 is 1.88 bits per heavy atom.